The van der Waals surface area contributed by atoms with Crippen LogP contribution in [-0.2, 0) is 0 Å². The lowest BCUT2D eigenvalue weighted by Crippen LogP contribution is -1.97. The van der Waals surface area contributed by atoms with Gasteiger partial charge in [0.1, 0.15) is 0 Å². The molecule has 0 radical (unpaired) electrons. The molecule has 10 rings (SSSR count). The molecule has 0 saturated heterocycles. The maximum Gasteiger partial charge on any atom is 0.0979 e. The molecular weight excluding hydrogens is 657 g/mol. The topological polar surface area (TPSA) is 64.2 Å². The van der Waals surface area contributed by atoms with E-state index in [0.717, 1.165) is 93.8 Å². The van der Waals surface area contributed by atoms with Crippen molar-refractivity contribution in [2.45, 2.75) is 6.92 Å². The number of fused-ring (bicyclic) bond motifs is 9. The molecule has 0 aliphatic carbocycles. The number of nitrogens with two attached hydrogens (primary N) is 1. The van der Waals surface area contributed by atoms with Gasteiger partial charge < -0.3 is 5.73 Å². The van der Waals surface area contributed by atoms with Crippen LogP contribution >= 0.6 is 0 Å². The van der Waals surface area contributed by atoms with Gasteiger partial charge in [-0.05, 0) is 74.5 Å². The van der Waals surface area contributed by atoms with Crippen molar-refractivity contribution in [3.63, 3.8) is 0 Å². The lowest BCUT2D eigenvalue weighted by atomic mass is 9.96. The zero-order valence-electron chi connectivity index (χ0n) is 29.7. The summed E-state index contributed by atoms with van der Waals surface area (Å²) in [6, 6.07) is 59.5. The smallest absolute Gasteiger partial charge is 0.0979 e. The van der Waals surface area contributed by atoms with Crippen molar-refractivity contribution in [3.05, 3.63) is 182 Å². The number of anilines is 1. The highest BCUT2D eigenvalue weighted by atomic mass is 14.8. The number of nitrogen functional groups attached to an aromatic ring is 1. The predicted molar refractivity (Wildman–Crippen MR) is 229 cm³/mol. The molecule has 0 aliphatic rings. The average molecular weight is 691 g/mol. The van der Waals surface area contributed by atoms with Gasteiger partial charge in [0, 0.05) is 32.8 Å². The summed E-state index contributed by atoms with van der Waals surface area (Å²) in [6.07, 6.45) is 1.91. The van der Waals surface area contributed by atoms with Crippen molar-refractivity contribution in [1.29, 1.82) is 0 Å². The molecular formula is C50H34N4. The van der Waals surface area contributed by atoms with E-state index in [2.05, 4.69) is 165 Å². The quantitative estimate of drug-likeness (QED) is 0.111. The minimum Gasteiger partial charge on any atom is -0.396 e. The first kappa shape index (κ1) is 31.6. The van der Waals surface area contributed by atoms with Crippen molar-refractivity contribution in [2.75, 3.05) is 5.73 Å². The van der Waals surface area contributed by atoms with E-state index in [9.17, 15) is 0 Å². The van der Waals surface area contributed by atoms with E-state index in [1.54, 1.807) is 0 Å². The monoisotopic (exact) mass is 690 g/mol. The van der Waals surface area contributed by atoms with E-state index in [4.69, 9.17) is 20.7 Å². The van der Waals surface area contributed by atoms with Crippen molar-refractivity contribution in [1.82, 2.24) is 9.97 Å². The van der Waals surface area contributed by atoms with Gasteiger partial charge in [-0.1, -0.05) is 152 Å². The fourth-order valence-corrected chi connectivity index (χ4v) is 7.92. The van der Waals surface area contributed by atoms with Crippen molar-refractivity contribution in [2.24, 2.45) is 4.99 Å². The second-order valence-electron chi connectivity index (χ2n) is 13.8. The van der Waals surface area contributed by atoms with Gasteiger partial charge in [0.2, 0.25) is 0 Å². The van der Waals surface area contributed by atoms with Crippen LogP contribution in [0.25, 0.3) is 87.6 Å². The summed E-state index contributed by atoms with van der Waals surface area (Å²) in [5.41, 5.74) is 18.5. The first-order valence-electron chi connectivity index (χ1n) is 18.2. The zero-order valence-corrected chi connectivity index (χ0v) is 29.7. The molecule has 0 aliphatic heterocycles. The first-order valence-corrected chi connectivity index (χ1v) is 18.2. The van der Waals surface area contributed by atoms with E-state index < -0.39 is 0 Å². The zero-order chi connectivity index (χ0) is 36.2. The van der Waals surface area contributed by atoms with Gasteiger partial charge in [-0.25, -0.2) is 4.98 Å². The summed E-state index contributed by atoms with van der Waals surface area (Å²) >= 11 is 0. The normalized spacial score (nSPS) is 12.0. The van der Waals surface area contributed by atoms with Crippen molar-refractivity contribution in [3.8, 4) is 33.5 Å². The molecule has 10 aromatic rings. The Morgan fingerprint density at radius 3 is 1.52 bits per heavy atom. The molecule has 1 heterocycles. The molecule has 0 bridgehead atoms. The van der Waals surface area contributed by atoms with E-state index in [1.807, 2.05) is 18.3 Å². The highest BCUT2D eigenvalue weighted by Gasteiger charge is 2.14. The number of hydrogen-bond acceptors (Lipinski definition) is 4. The minimum absolute atomic E-state index is 0.700. The Kier molecular flexibility index (Phi) is 7.48. The molecule has 0 atom stereocenters. The molecule has 4 nitrogen and oxygen atoms in total. The lowest BCUT2D eigenvalue weighted by molar-refractivity contribution is 1.31. The van der Waals surface area contributed by atoms with E-state index >= 15 is 0 Å². The van der Waals surface area contributed by atoms with Crippen LogP contribution in [0.4, 0.5) is 11.4 Å². The van der Waals surface area contributed by atoms with Crippen LogP contribution in [0.15, 0.2) is 181 Å². The fraction of sp³-hybridized carbons (Fsp3) is 0.0200. The molecule has 1 aromatic heterocycles. The number of aromatic nitrogens is 2. The molecule has 0 spiro atoms. The Morgan fingerprint density at radius 1 is 0.444 bits per heavy atom. The molecule has 2 N–H and O–H groups in total. The minimum atomic E-state index is 0.700. The van der Waals surface area contributed by atoms with Crippen LogP contribution in [0.1, 0.15) is 12.5 Å². The van der Waals surface area contributed by atoms with Crippen LogP contribution in [0, 0.1) is 0 Å². The molecule has 9 aromatic carbocycles. The summed E-state index contributed by atoms with van der Waals surface area (Å²) in [4.78, 5) is 15.4. The van der Waals surface area contributed by atoms with Gasteiger partial charge in [0.25, 0.3) is 0 Å². The second-order valence-corrected chi connectivity index (χ2v) is 13.8. The molecule has 0 saturated carbocycles. The van der Waals surface area contributed by atoms with E-state index in [-0.39, 0.29) is 0 Å². The number of aliphatic imine (C=N–C) groups is 1. The first-order chi connectivity index (χ1) is 26.6. The number of benzene rings is 9. The Morgan fingerprint density at radius 2 is 0.889 bits per heavy atom. The van der Waals surface area contributed by atoms with Gasteiger partial charge in [0.05, 0.1) is 34.3 Å². The van der Waals surface area contributed by atoms with Gasteiger partial charge in [-0.15, -0.1) is 0 Å². The maximum absolute atomic E-state index is 6.80. The van der Waals surface area contributed by atoms with Crippen LogP contribution in [0.2, 0.25) is 0 Å². The average Bonchev–Trinajstić information content (AvgIpc) is 3.25. The Labute approximate surface area is 312 Å². The number of nitrogens with zero attached hydrogens (tertiary/aromatic N) is 3. The summed E-state index contributed by atoms with van der Waals surface area (Å²) in [7, 11) is 0. The number of hydrogen-bond donors (Lipinski definition) is 1. The van der Waals surface area contributed by atoms with Crippen LogP contribution in [0.3, 0.4) is 0 Å². The summed E-state index contributed by atoms with van der Waals surface area (Å²) in [6.45, 7) is 2.06. The SMILES string of the molecule is CC(=Nc1c(N)c2ccccc2c2ccccc12)c1cccc(-c2cccc(-c3cccc(-c4cnc5c6ccccc6c6ccccc6c5n4)c3)c2)c1. The molecule has 0 unspecified atom stereocenters. The standard InChI is InChI=1S/C50H34N4/c1-31(53-48-43-24-7-3-20-39(43)38-19-2-6-23-42(38)47(48)51)32-13-10-14-33(27-32)34-15-11-16-35(28-34)36-17-12-18-37(29-36)46-30-52-49-44-25-8-4-21-40(44)41-22-5-9-26-45(41)50(49)54-46/h2-30H,51H2,1H3. The number of rotatable bonds is 5. The Bertz CT molecular complexity index is 3110. The molecule has 254 valence electrons. The molecule has 0 fully saturated rings. The predicted octanol–water partition coefficient (Wildman–Crippen LogP) is 13.0. The summed E-state index contributed by atoms with van der Waals surface area (Å²) in [5.74, 6) is 0. The lowest BCUT2D eigenvalue weighted by Gasteiger charge is -2.13. The van der Waals surface area contributed by atoms with Crippen molar-refractivity contribution >= 4 is 71.2 Å². The van der Waals surface area contributed by atoms with Gasteiger partial charge in [0.15, 0.2) is 0 Å². The largest absolute Gasteiger partial charge is 0.396 e. The Balaban J connectivity index is 1.01. The third-order valence-electron chi connectivity index (χ3n) is 10.6. The third-order valence-corrected chi connectivity index (χ3v) is 10.6. The van der Waals surface area contributed by atoms with Gasteiger partial charge in [-0.3, -0.25) is 9.98 Å². The molecule has 54 heavy (non-hydrogen) atoms. The molecule has 4 heteroatoms. The second kappa shape index (κ2) is 12.8. The van der Waals surface area contributed by atoms with Gasteiger partial charge in [-0.2, -0.15) is 0 Å². The van der Waals surface area contributed by atoms with Crippen LogP contribution in [0.5, 0.6) is 0 Å². The molecule has 0 amide bonds. The van der Waals surface area contributed by atoms with E-state index in [1.165, 1.54) is 10.8 Å². The maximum atomic E-state index is 6.80. The van der Waals surface area contributed by atoms with Gasteiger partial charge >= 0.3 is 0 Å². The summed E-state index contributed by atoms with van der Waals surface area (Å²) < 4.78 is 0. The fourth-order valence-electron chi connectivity index (χ4n) is 7.92. The highest BCUT2D eigenvalue weighted by Crippen LogP contribution is 2.41. The van der Waals surface area contributed by atoms with Crippen LogP contribution < -0.4 is 5.73 Å². The third kappa shape index (κ3) is 5.27. The van der Waals surface area contributed by atoms with E-state index in [0.29, 0.717) is 5.69 Å². The van der Waals surface area contributed by atoms with Crippen LogP contribution in [-0.4, -0.2) is 15.7 Å². The summed E-state index contributed by atoms with van der Waals surface area (Å²) in [5, 5.41) is 8.98. The Hall–Kier alpha value is -7.17. The van der Waals surface area contributed by atoms with Crippen molar-refractivity contribution < 1.29 is 0 Å². The highest BCUT2D eigenvalue weighted by molar-refractivity contribution is 6.23.